The van der Waals surface area contributed by atoms with Crippen LogP contribution in [0, 0.1) is 11.3 Å². The Morgan fingerprint density at radius 3 is 2.50 bits per heavy atom. The lowest BCUT2D eigenvalue weighted by Gasteiger charge is -2.52. The van der Waals surface area contributed by atoms with Gasteiger partial charge in [0, 0.05) is 6.07 Å². The molecule has 0 N–H and O–H groups in total. The van der Waals surface area contributed by atoms with E-state index in [0.29, 0.717) is 18.4 Å². The Hall–Kier alpha value is -2.75. The highest BCUT2D eigenvalue weighted by Gasteiger charge is 2.66. The fourth-order valence-corrected chi connectivity index (χ4v) is 4.82. The monoisotopic (exact) mass is 378 g/mol. The standard InChI is InChI=1S/C24H26O4/c1-6-11-23-14-17(9-8-15(3)4)16(5)24(12-7-2,22(23)27)21-19(20(23)26)18(25)10-13-28-21/h6-8,10,13,17H,1-2,5,9,11-12,14H2,3-4H3/t17-,23?,24?/m1/s1. The molecule has 1 fully saturated rings. The summed E-state index contributed by atoms with van der Waals surface area (Å²) in [6.07, 6.45) is 8.00. The molecule has 4 heteroatoms. The van der Waals surface area contributed by atoms with Gasteiger partial charge in [-0.1, -0.05) is 36.0 Å². The lowest BCUT2D eigenvalue weighted by atomic mass is 9.47. The van der Waals surface area contributed by atoms with E-state index in [1.807, 2.05) is 13.8 Å². The molecule has 4 nitrogen and oxygen atoms in total. The summed E-state index contributed by atoms with van der Waals surface area (Å²) in [5, 5.41) is 0. The van der Waals surface area contributed by atoms with Gasteiger partial charge in [0.25, 0.3) is 0 Å². The van der Waals surface area contributed by atoms with E-state index in [4.69, 9.17) is 4.42 Å². The Kier molecular flexibility index (Phi) is 5.00. The second kappa shape index (κ2) is 7.01. The van der Waals surface area contributed by atoms with Crippen molar-refractivity contribution >= 4 is 11.6 Å². The van der Waals surface area contributed by atoms with Gasteiger partial charge in [-0.05, 0) is 45.4 Å². The van der Waals surface area contributed by atoms with E-state index in [1.165, 1.54) is 12.3 Å². The van der Waals surface area contributed by atoms with Gasteiger partial charge in [-0.2, -0.15) is 0 Å². The zero-order valence-corrected chi connectivity index (χ0v) is 16.5. The number of allylic oxidation sites excluding steroid dienone is 5. The van der Waals surface area contributed by atoms with Crippen LogP contribution in [-0.4, -0.2) is 11.6 Å². The summed E-state index contributed by atoms with van der Waals surface area (Å²) >= 11 is 0. The zero-order chi connectivity index (χ0) is 20.7. The molecule has 2 unspecified atom stereocenters. The highest BCUT2D eigenvalue weighted by molar-refractivity contribution is 6.23. The molecule has 1 saturated carbocycles. The van der Waals surface area contributed by atoms with Crippen LogP contribution in [-0.2, 0) is 10.2 Å². The van der Waals surface area contributed by atoms with Crippen LogP contribution in [0.15, 0.2) is 70.7 Å². The molecule has 0 amide bonds. The first-order valence-electron chi connectivity index (χ1n) is 9.52. The van der Waals surface area contributed by atoms with E-state index in [0.717, 1.165) is 5.57 Å². The van der Waals surface area contributed by atoms with Crippen LogP contribution in [0.5, 0.6) is 0 Å². The Balaban J connectivity index is 2.37. The normalized spacial score (nSPS) is 28.5. The van der Waals surface area contributed by atoms with Crippen LogP contribution < -0.4 is 5.43 Å². The molecule has 0 spiro atoms. The number of fused-ring (bicyclic) bond motifs is 4. The fraction of sp³-hybridized carbons (Fsp3) is 0.375. The first-order chi connectivity index (χ1) is 13.3. The van der Waals surface area contributed by atoms with E-state index < -0.39 is 22.0 Å². The molecule has 0 aliphatic heterocycles. The van der Waals surface area contributed by atoms with Crippen LogP contribution >= 0.6 is 0 Å². The smallest absolute Gasteiger partial charge is 0.196 e. The number of hydrogen-bond donors (Lipinski definition) is 0. The van der Waals surface area contributed by atoms with Gasteiger partial charge >= 0.3 is 0 Å². The average molecular weight is 378 g/mol. The van der Waals surface area contributed by atoms with E-state index >= 15 is 0 Å². The van der Waals surface area contributed by atoms with Gasteiger partial charge in [-0.3, -0.25) is 14.4 Å². The maximum atomic E-state index is 13.9. The van der Waals surface area contributed by atoms with Crippen LogP contribution in [0.2, 0.25) is 0 Å². The minimum atomic E-state index is -1.31. The van der Waals surface area contributed by atoms with Gasteiger partial charge in [-0.15, -0.1) is 13.2 Å². The van der Waals surface area contributed by atoms with Crippen molar-refractivity contribution < 1.29 is 14.0 Å². The van der Waals surface area contributed by atoms with Crippen molar-refractivity contribution in [1.29, 1.82) is 0 Å². The summed E-state index contributed by atoms with van der Waals surface area (Å²) in [6.45, 7) is 15.9. The van der Waals surface area contributed by atoms with Gasteiger partial charge in [-0.25, -0.2) is 0 Å². The predicted molar refractivity (Wildman–Crippen MR) is 109 cm³/mol. The summed E-state index contributed by atoms with van der Waals surface area (Å²) in [5.74, 6) is -0.655. The van der Waals surface area contributed by atoms with Crippen LogP contribution in [0.25, 0.3) is 0 Å². The molecule has 1 aromatic heterocycles. The van der Waals surface area contributed by atoms with Gasteiger partial charge in [0.1, 0.15) is 16.7 Å². The van der Waals surface area contributed by atoms with Crippen LogP contribution in [0.4, 0.5) is 0 Å². The van der Waals surface area contributed by atoms with E-state index in [-0.39, 0.29) is 35.9 Å². The molecule has 2 bridgehead atoms. The second-order valence-corrected chi connectivity index (χ2v) is 8.06. The van der Waals surface area contributed by atoms with Crippen LogP contribution in [0.3, 0.4) is 0 Å². The molecule has 1 heterocycles. The number of Topliss-reactive ketones (excluding diaryl/α,β-unsaturated/α-hetero) is 2. The van der Waals surface area contributed by atoms with Crippen molar-refractivity contribution in [3.8, 4) is 0 Å². The number of rotatable bonds is 6. The summed E-state index contributed by atoms with van der Waals surface area (Å²) in [7, 11) is 0. The number of carbonyl (C=O) groups is 2. The summed E-state index contributed by atoms with van der Waals surface area (Å²) in [4.78, 5) is 40.0. The summed E-state index contributed by atoms with van der Waals surface area (Å²) < 4.78 is 5.69. The zero-order valence-electron chi connectivity index (χ0n) is 16.5. The van der Waals surface area contributed by atoms with Crippen molar-refractivity contribution in [1.82, 2.24) is 0 Å². The number of hydrogen-bond acceptors (Lipinski definition) is 4. The Bertz CT molecular complexity index is 973. The first-order valence-corrected chi connectivity index (χ1v) is 9.52. The maximum absolute atomic E-state index is 13.9. The number of ketones is 2. The first kappa shape index (κ1) is 20.0. The molecule has 0 aromatic carbocycles. The van der Waals surface area contributed by atoms with E-state index in [9.17, 15) is 14.4 Å². The van der Waals surface area contributed by atoms with E-state index in [2.05, 4.69) is 25.8 Å². The van der Waals surface area contributed by atoms with Gasteiger partial charge in [0.15, 0.2) is 17.0 Å². The molecule has 0 radical (unpaired) electrons. The third kappa shape index (κ3) is 2.55. The SMILES string of the molecule is C=CCC12C[C@@H](CC=C(C)C)C(=C)C(CC=C)(C1=O)c1occc(=O)c1C2=O. The molecular formula is C24H26O4. The number of carbonyl (C=O) groups excluding carboxylic acids is 2. The Labute approximate surface area is 165 Å². The van der Waals surface area contributed by atoms with Crippen molar-refractivity contribution in [2.24, 2.45) is 11.3 Å². The van der Waals surface area contributed by atoms with Crippen LogP contribution in [0.1, 0.15) is 55.6 Å². The molecule has 3 rings (SSSR count). The highest BCUT2D eigenvalue weighted by atomic mass is 16.3. The molecule has 0 saturated heterocycles. The molecule has 2 aliphatic rings. The molecule has 28 heavy (non-hydrogen) atoms. The summed E-state index contributed by atoms with van der Waals surface area (Å²) in [6, 6.07) is 1.23. The third-order valence-corrected chi connectivity index (χ3v) is 6.14. The molecule has 1 aromatic rings. The lowest BCUT2D eigenvalue weighted by molar-refractivity contribution is -0.135. The van der Waals surface area contributed by atoms with Crippen molar-refractivity contribution in [3.63, 3.8) is 0 Å². The summed E-state index contributed by atoms with van der Waals surface area (Å²) in [5.41, 5.74) is -1.15. The average Bonchev–Trinajstić information content (AvgIpc) is 2.65. The Morgan fingerprint density at radius 1 is 1.21 bits per heavy atom. The molecule has 2 aliphatic carbocycles. The predicted octanol–water partition coefficient (Wildman–Crippen LogP) is 4.71. The lowest BCUT2D eigenvalue weighted by Crippen LogP contribution is -2.61. The topological polar surface area (TPSA) is 64.3 Å². The fourth-order valence-electron chi connectivity index (χ4n) is 4.82. The quantitative estimate of drug-likeness (QED) is 0.531. The highest BCUT2D eigenvalue weighted by Crippen LogP contribution is 2.59. The third-order valence-electron chi connectivity index (χ3n) is 6.14. The van der Waals surface area contributed by atoms with Crippen molar-refractivity contribution in [3.05, 3.63) is 83.0 Å². The van der Waals surface area contributed by atoms with Gasteiger partial charge in [0.2, 0.25) is 0 Å². The minimum absolute atomic E-state index is 0.0207. The van der Waals surface area contributed by atoms with Crippen molar-refractivity contribution in [2.45, 2.75) is 44.9 Å². The molecule has 3 atom stereocenters. The van der Waals surface area contributed by atoms with Gasteiger partial charge in [0.05, 0.1) is 11.7 Å². The largest absolute Gasteiger partial charge is 0.467 e. The van der Waals surface area contributed by atoms with E-state index in [1.54, 1.807) is 12.2 Å². The Morgan fingerprint density at radius 2 is 1.89 bits per heavy atom. The van der Waals surface area contributed by atoms with Gasteiger partial charge < -0.3 is 4.42 Å². The second-order valence-electron chi connectivity index (χ2n) is 8.06. The molecular weight excluding hydrogens is 352 g/mol. The molecule has 146 valence electrons. The minimum Gasteiger partial charge on any atom is -0.467 e. The maximum Gasteiger partial charge on any atom is 0.196 e. The van der Waals surface area contributed by atoms with Crippen molar-refractivity contribution in [2.75, 3.05) is 0 Å².